The summed E-state index contributed by atoms with van der Waals surface area (Å²) in [5, 5.41) is 23.8. The van der Waals surface area contributed by atoms with Crippen molar-refractivity contribution in [3.8, 4) is 0 Å². The molecule has 39 heavy (non-hydrogen) atoms. The number of hydrogen-bond donors (Lipinski definition) is 3. The van der Waals surface area contributed by atoms with Crippen LogP contribution >= 0.6 is 26.8 Å². The molecule has 0 amide bonds. The van der Waals surface area contributed by atoms with E-state index < -0.39 is 27.9 Å². The summed E-state index contributed by atoms with van der Waals surface area (Å²) in [6, 6.07) is 45.1. The molecular weight excluding hydrogens is 543 g/mol. The van der Waals surface area contributed by atoms with E-state index >= 15 is 0 Å². The molecule has 2 N–H and O–H groups in total. The van der Waals surface area contributed by atoms with E-state index in [-0.39, 0.29) is 11.1 Å². The maximum atomic E-state index is 12.6. The van der Waals surface area contributed by atoms with Crippen LogP contribution in [0, 0.1) is 0 Å². The van der Waals surface area contributed by atoms with Crippen LogP contribution in [0.15, 0.2) is 149 Å². The van der Waals surface area contributed by atoms with Crippen molar-refractivity contribution in [2.75, 3.05) is 0 Å². The van der Waals surface area contributed by atoms with Gasteiger partial charge in [0.05, 0.1) is 0 Å². The van der Waals surface area contributed by atoms with Crippen molar-refractivity contribution < 1.29 is 19.8 Å². The molecular formula is C32H27O4PS2. The predicted molar refractivity (Wildman–Crippen MR) is 166 cm³/mol. The Labute approximate surface area is 234 Å². The first-order valence-electron chi connectivity index (χ1n) is 12.3. The number of thiol groups is 1. The Bertz CT molecular complexity index is 1500. The molecule has 5 aromatic carbocycles. The van der Waals surface area contributed by atoms with Crippen LogP contribution in [0.4, 0.5) is 0 Å². The van der Waals surface area contributed by atoms with Crippen LogP contribution < -0.4 is 15.9 Å². The molecule has 5 rings (SSSR count). The quantitative estimate of drug-likeness (QED) is 0.103. The van der Waals surface area contributed by atoms with Gasteiger partial charge >= 0.3 is 235 Å². The second kappa shape index (κ2) is 11.9. The summed E-state index contributed by atoms with van der Waals surface area (Å²) >= 11 is 0. The van der Waals surface area contributed by atoms with Gasteiger partial charge in [-0.15, -0.1) is 0 Å². The summed E-state index contributed by atoms with van der Waals surface area (Å²) in [6.07, 6.45) is 0. The summed E-state index contributed by atoms with van der Waals surface area (Å²) in [5.41, 5.74) is 0.448. The number of rotatable bonds is 9. The van der Waals surface area contributed by atoms with E-state index in [0.29, 0.717) is 4.90 Å². The Morgan fingerprint density at radius 1 is 0.513 bits per heavy atom. The third-order valence-corrected chi connectivity index (χ3v) is 22.1. The molecule has 0 fully saturated rings. The molecule has 0 aliphatic rings. The fraction of sp³-hybridized carbons (Fsp3) is 0. The predicted octanol–water partition coefficient (Wildman–Crippen LogP) is 6.79. The van der Waals surface area contributed by atoms with Crippen LogP contribution in [0.1, 0.15) is 20.7 Å². The van der Waals surface area contributed by atoms with Crippen LogP contribution in [-0.2, 0) is 0 Å². The van der Waals surface area contributed by atoms with Crippen LogP contribution in [-0.4, -0.2) is 22.2 Å². The summed E-state index contributed by atoms with van der Waals surface area (Å²) < 4.78 is 0. The number of benzene rings is 5. The van der Waals surface area contributed by atoms with E-state index in [2.05, 4.69) is 36.4 Å². The topological polar surface area (TPSA) is 74.6 Å². The van der Waals surface area contributed by atoms with Crippen LogP contribution in [0.5, 0.6) is 0 Å². The molecule has 0 aromatic heterocycles. The minimum atomic E-state index is -3.04. The first-order valence-corrected chi connectivity index (χ1v) is 17.9. The summed E-state index contributed by atoms with van der Waals surface area (Å²) in [7, 11) is 0.111. The third-order valence-electron chi connectivity index (χ3n) is 6.54. The second-order valence-corrected chi connectivity index (χ2v) is 19.6. The van der Waals surface area contributed by atoms with Crippen molar-refractivity contribution in [3.63, 3.8) is 0 Å². The Kier molecular flexibility index (Phi) is 8.18. The fourth-order valence-corrected chi connectivity index (χ4v) is 22.7. The zero-order valence-corrected chi connectivity index (χ0v) is 23.6. The van der Waals surface area contributed by atoms with E-state index in [1.54, 1.807) is 24.3 Å². The molecule has 0 radical (unpaired) electrons. The fourth-order valence-electron chi connectivity index (χ4n) is 4.84. The Morgan fingerprint density at radius 3 is 1.36 bits per heavy atom. The van der Waals surface area contributed by atoms with Gasteiger partial charge < -0.3 is 0 Å². The van der Waals surface area contributed by atoms with Gasteiger partial charge in [0.15, 0.2) is 0 Å². The van der Waals surface area contributed by atoms with E-state index in [4.69, 9.17) is 0 Å². The zero-order valence-electron chi connectivity index (χ0n) is 20.8. The molecule has 1 atom stereocenters. The molecule has 0 saturated carbocycles. The summed E-state index contributed by atoms with van der Waals surface area (Å²) in [5.74, 6) is -2.01. The first-order chi connectivity index (χ1) is 19.0. The second-order valence-electron chi connectivity index (χ2n) is 8.82. The molecule has 0 aliphatic heterocycles. The maximum absolute atomic E-state index is 12.6. The molecule has 4 nitrogen and oxygen atoms in total. The number of aromatic carboxylic acids is 2. The Hall–Kier alpha value is -3.83. The van der Waals surface area contributed by atoms with Gasteiger partial charge in [0.1, 0.15) is 0 Å². The molecule has 0 aliphatic carbocycles. The van der Waals surface area contributed by atoms with Gasteiger partial charge in [0.2, 0.25) is 0 Å². The van der Waals surface area contributed by atoms with E-state index in [9.17, 15) is 19.8 Å². The Morgan fingerprint density at radius 2 is 0.897 bits per heavy atom. The standard InChI is InChI=1S/C32H27O4PS2/c33-31(34)27-20-10-12-22-29(27)38-39(30-23-13-11-21-28(30)32(35)36)37(24-14-4-1-5-15-24,25-16-6-2-7-17-25)26-18-8-3-9-19-26/h1-23,37,39H,(H,33,34)(H,35,36). The molecule has 0 saturated heterocycles. The van der Waals surface area contributed by atoms with Gasteiger partial charge in [0.25, 0.3) is 0 Å². The van der Waals surface area contributed by atoms with Crippen molar-refractivity contribution in [3.05, 3.63) is 151 Å². The van der Waals surface area contributed by atoms with Gasteiger partial charge in [-0.3, -0.25) is 0 Å². The van der Waals surface area contributed by atoms with E-state index in [1.807, 2.05) is 78.9 Å². The molecule has 1 unspecified atom stereocenters. The summed E-state index contributed by atoms with van der Waals surface area (Å²) in [4.78, 5) is 26.2. The Balaban J connectivity index is 1.93. The van der Waals surface area contributed by atoms with Gasteiger partial charge in [-0.2, -0.15) is 0 Å². The third kappa shape index (κ3) is 5.24. The van der Waals surface area contributed by atoms with Crippen molar-refractivity contribution in [2.24, 2.45) is 0 Å². The average molecular weight is 571 g/mol. The molecule has 196 valence electrons. The van der Waals surface area contributed by atoms with Crippen LogP contribution in [0.25, 0.3) is 0 Å². The molecule has 0 spiro atoms. The van der Waals surface area contributed by atoms with Gasteiger partial charge in [0, 0.05) is 0 Å². The zero-order chi connectivity index (χ0) is 27.2. The molecule has 5 aromatic rings. The first kappa shape index (κ1) is 26.8. The number of carbonyl (C=O) groups is 2. The number of hydrogen-bond acceptors (Lipinski definition) is 3. The van der Waals surface area contributed by atoms with Crippen molar-refractivity contribution >= 4 is 54.7 Å². The number of carboxylic acid groups (broad SMARTS) is 2. The van der Waals surface area contributed by atoms with E-state index in [1.165, 1.54) is 10.8 Å². The number of carboxylic acids is 2. The monoisotopic (exact) mass is 570 g/mol. The van der Waals surface area contributed by atoms with Crippen molar-refractivity contribution in [1.29, 1.82) is 0 Å². The molecule has 0 bridgehead atoms. The van der Waals surface area contributed by atoms with Gasteiger partial charge in [-0.25, -0.2) is 0 Å². The minimum absolute atomic E-state index is 0.208. The normalized spacial score (nSPS) is 12.9. The van der Waals surface area contributed by atoms with Crippen LogP contribution in [0.2, 0.25) is 0 Å². The van der Waals surface area contributed by atoms with Gasteiger partial charge in [-0.05, 0) is 0 Å². The van der Waals surface area contributed by atoms with E-state index in [0.717, 1.165) is 20.8 Å². The summed E-state index contributed by atoms with van der Waals surface area (Å²) in [6.45, 7) is -3.04. The van der Waals surface area contributed by atoms with Crippen LogP contribution in [0.3, 0.4) is 0 Å². The average Bonchev–Trinajstić information content (AvgIpc) is 2.99. The molecule has 7 heteroatoms. The molecule has 0 heterocycles. The van der Waals surface area contributed by atoms with Gasteiger partial charge in [-0.1, -0.05) is 0 Å². The van der Waals surface area contributed by atoms with Crippen molar-refractivity contribution in [1.82, 2.24) is 0 Å². The SMILES string of the molecule is O=C(O)c1ccccc1S[SH](c1ccccc1C(=O)O)[PH](c1ccccc1)(c1ccccc1)c1ccccc1. The van der Waals surface area contributed by atoms with Crippen molar-refractivity contribution in [2.45, 2.75) is 9.79 Å².